The van der Waals surface area contributed by atoms with Gasteiger partial charge in [0.05, 0.1) is 17.1 Å². The maximum Gasteiger partial charge on any atom is 0.228 e. The number of aromatic hydroxyl groups is 1. The fourth-order valence-electron chi connectivity index (χ4n) is 11.8. The Morgan fingerprint density at radius 1 is 0.410 bits per heavy atom. The number of halogens is 6. The Labute approximate surface area is 817 Å². The minimum Gasteiger partial charge on any atom is -0.508 e. The minimum atomic E-state index is -0.157. The predicted octanol–water partition coefficient (Wildman–Crippen LogP) is 23.7. The van der Waals surface area contributed by atoms with E-state index in [0.29, 0.717) is 91.4 Å². The fourth-order valence-corrected chi connectivity index (χ4v) is 13.5. The summed E-state index contributed by atoms with van der Waals surface area (Å²) in [6.07, 6.45) is 19.0. The minimum absolute atomic E-state index is 0. The summed E-state index contributed by atoms with van der Waals surface area (Å²) in [4.78, 5) is 101. The number of nitrogens with two attached hydrogens (primary N) is 2. The largest absolute Gasteiger partial charge is 0.508 e. The Hall–Kier alpha value is -13.1. The molecule has 28 nitrogen and oxygen atoms in total. The maximum absolute atomic E-state index is 12.0. The molecule has 13 aromatic rings. The van der Waals surface area contributed by atoms with E-state index >= 15 is 0 Å². The normalized spacial score (nSPS) is 13.1. The summed E-state index contributed by atoms with van der Waals surface area (Å²) in [5, 5.41) is 28.5. The van der Waals surface area contributed by atoms with Gasteiger partial charge in [-0.1, -0.05) is 191 Å². The number of nitrogens with one attached hydrogen (secondary N) is 5. The lowest BCUT2D eigenvalue weighted by molar-refractivity contribution is -0.118. The first-order valence-corrected chi connectivity index (χ1v) is 44.8. The van der Waals surface area contributed by atoms with Gasteiger partial charge in [0.15, 0.2) is 0 Å². The van der Waals surface area contributed by atoms with Gasteiger partial charge in [-0.2, -0.15) is 0 Å². The van der Waals surface area contributed by atoms with Crippen molar-refractivity contribution in [1.82, 2.24) is 49.8 Å². The van der Waals surface area contributed by atoms with Gasteiger partial charge in [-0.3, -0.25) is 29.4 Å². The number of rotatable bonds is 20. The van der Waals surface area contributed by atoms with E-state index in [-0.39, 0.29) is 85.7 Å². The molecule has 0 radical (unpaired) electrons. The molecule has 34 heteroatoms. The first-order chi connectivity index (χ1) is 63.2. The molecular formula is C100H106Br2Cl4N18O10. The van der Waals surface area contributed by atoms with Crippen molar-refractivity contribution in [2.75, 3.05) is 45.9 Å². The van der Waals surface area contributed by atoms with Crippen LogP contribution in [0.3, 0.4) is 0 Å². The molecule has 8 aromatic carbocycles. The second-order valence-corrected chi connectivity index (χ2v) is 33.8. The molecule has 5 saturated carbocycles. The lowest BCUT2D eigenvalue weighted by atomic mass is 10.0. The summed E-state index contributed by atoms with van der Waals surface area (Å²) in [7, 11) is 0. The van der Waals surface area contributed by atoms with Crippen LogP contribution < -0.4 is 46.9 Å². The molecule has 134 heavy (non-hydrogen) atoms. The highest BCUT2D eigenvalue weighted by Gasteiger charge is 2.33. The van der Waals surface area contributed by atoms with Gasteiger partial charge in [-0.25, -0.2) is 54.8 Å². The second-order valence-electron chi connectivity index (χ2n) is 30.8. The molecule has 19 rings (SSSR count). The Balaban J connectivity index is 0.000000196. The number of aromatic nitrogens is 10. The van der Waals surface area contributed by atoms with Crippen molar-refractivity contribution < 1.29 is 48.0 Å². The third-order valence-electron chi connectivity index (χ3n) is 19.0. The molecule has 5 aliphatic carbocycles. The third kappa shape index (κ3) is 39.4. The van der Waals surface area contributed by atoms with Gasteiger partial charge in [0.1, 0.15) is 94.0 Å². The molecule has 0 unspecified atom stereocenters. The molecule has 6 heterocycles. The number of nitrogen functional groups attached to an aromatic ring is 2. The number of ether oxygens (including phenoxy) is 4. The van der Waals surface area contributed by atoms with Crippen LogP contribution >= 0.6 is 79.1 Å². The number of phenolic OH excluding ortho intramolecular Hbond substituents is 1. The van der Waals surface area contributed by atoms with Crippen LogP contribution in [-0.4, -0.2) is 108 Å². The average Bonchev–Trinajstić information content (AvgIpc) is 1.11. The molecule has 698 valence electrons. The van der Waals surface area contributed by atoms with Crippen LogP contribution in [-0.2, 0) is 28.7 Å². The van der Waals surface area contributed by atoms with Gasteiger partial charge in [0.25, 0.3) is 0 Å². The van der Waals surface area contributed by atoms with E-state index in [1.165, 1.54) is 56.6 Å². The number of carbonyl (C=O) groups excluding carboxylic acids is 5. The maximum atomic E-state index is 12.0. The highest BCUT2D eigenvalue weighted by molar-refractivity contribution is 9.10. The summed E-state index contributed by atoms with van der Waals surface area (Å²) in [6.45, 7) is 9.85. The number of phenols is 1. The fraction of sp³-hybridized carbons (Fsp3) is 0.250. The number of aryl methyl sites for hydroxylation is 4. The number of nitrogens with zero attached hydrogens (tertiary/aromatic N) is 11. The molecule has 1 aliphatic heterocycles. The molecule has 5 aromatic heterocycles. The van der Waals surface area contributed by atoms with Gasteiger partial charge in [-0.15, -0.1) is 12.4 Å². The Morgan fingerprint density at radius 2 is 0.746 bits per heavy atom. The smallest absolute Gasteiger partial charge is 0.228 e. The quantitative estimate of drug-likeness (QED) is 0.0152. The molecule has 0 bridgehead atoms. The van der Waals surface area contributed by atoms with E-state index in [1.807, 2.05) is 179 Å². The predicted molar refractivity (Wildman–Crippen MR) is 538 cm³/mol. The van der Waals surface area contributed by atoms with Gasteiger partial charge >= 0.3 is 0 Å². The Morgan fingerprint density at radius 3 is 1.07 bits per heavy atom. The van der Waals surface area contributed by atoms with Crippen molar-refractivity contribution in [2.24, 2.45) is 34.6 Å². The number of aliphatic imine (C=N–C) groups is 1. The zero-order valence-electron chi connectivity index (χ0n) is 72.5. The second kappa shape index (κ2) is 54.8. The van der Waals surface area contributed by atoms with Crippen molar-refractivity contribution in [3.63, 3.8) is 0 Å². The third-order valence-corrected chi connectivity index (χ3v) is 20.7. The van der Waals surface area contributed by atoms with Crippen LogP contribution in [0, 0.1) is 62.7 Å². The van der Waals surface area contributed by atoms with Gasteiger partial charge in [0, 0.05) is 111 Å². The SMILES string of the molecule is C.C.C1CCOC1.Cc1cc(Br)cc(Oc2cc(NC(=O)C3CC3)ncn2)c1.Cc1cc(N)cc(Oc2cc(NC(=O)C3CC3)ncn2)c1.Cc1cc(N=C(c2ccccc2)c2ccccc2)cc(Oc2cc(NC(=O)C3CC3)ncn2)c1.Cc1cc(O)cc(Br)c1.Cl.N=C(c1ccccc1)c1ccccc1.Nc1cc(Cl)ncn1.O=C(Cl)C1CC1.O=C(Nc1cc(Cl)ncn1)C1CC1. The van der Waals surface area contributed by atoms with Gasteiger partial charge < -0.3 is 56.8 Å². The summed E-state index contributed by atoms with van der Waals surface area (Å²) >= 11 is 22.8. The molecule has 4 amide bonds. The van der Waals surface area contributed by atoms with Gasteiger partial charge in [0.2, 0.25) is 46.5 Å². The highest BCUT2D eigenvalue weighted by atomic mass is 79.9. The van der Waals surface area contributed by atoms with E-state index in [2.05, 4.69) is 127 Å². The molecular weight excluding hydrogens is 1910 g/mol. The van der Waals surface area contributed by atoms with Crippen LogP contribution in [0.15, 0.2) is 270 Å². The first-order valence-electron chi connectivity index (χ1n) is 42.1. The Bertz CT molecular complexity index is 5710. The van der Waals surface area contributed by atoms with Crippen LogP contribution in [0.2, 0.25) is 10.3 Å². The van der Waals surface area contributed by atoms with E-state index < -0.39 is 0 Å². The van der Waals surface area contributed by atoms with Crippen molar-refractivity contribution >= 4 is 160 Å². The highest BCUT2D eigenvalue weighted by Crippen LogP contribution is 2.36. The summed E-state index contributed by atoms with van der Waals surface area (Å²) in [5.41, 5.74) is 22.0. The molecule has 6 aliphatic rings. The monoisotopic (exact) mass is 2020 g/mol. The number of benzene rings is 8. The summed E-state index contributed by atoms with van der Waals surface area (Å²) in [6, 6.07) is 70.0. The van der Waals surface area contributed by atoms with Crippen molar-refractivity contribution in [3.05, 3.63) is 320 Å². The number of amides is 4. The van der Waals surface area contributed by atoms with E-state index in [9.17, 15) is 24.0 Å². The van der Waals surface area contributed by atoms with Crippen LogP contribution in [0.1, 0.15) is 136 Å². The zero-order valence-corrected chi connectivity index (χ0v) is 78.8. The van der Waals surface area contributed by atoms with Crippen LogP contribution in [0.5, 0.6) is 40.6 Å². The average molecular weight is 2020 g/mol. The summed E-state index contributed by atoms with van der Waals surface area (Å²) < 4.78 is 24.2. The number of anilines is 6. The van der Waals surface area contributed by atoms with E-state index in [0.717, 1.165) is 142 Å². The van der Waals surface area contributed by atoms with Crippen LogP contribution in [0.25, 0.3) is 0 Å². The first kappa shape index (κ1) is 106. The topological polar surface area (TPSA) is 408 Å². The van der Waals surface area contributed by atoms with Crippen molar-refractivity contribution in [2.45, 2.75) is 120 Å². The molecule has 10 N–H and O–H groups in total. The van der Waals surface area contributed by atoms with E-state index in [4.69, 9.17) is 80.7 Å². The van der Waals surface area contributed by atoms with Gasteiger partial charge in [-0.05, 0) is 210 Å². The van der Waals surface area contributed by atoms with Crippen LogP contribution in [0.4, 0.5) is 40.5 Å². The van der Waals surface area contributed by atoms with Crippen molar-refractivity contribution in [3.8, 4) is 40.6 Å². The Kier molecular flexibility index (Phi) is 43.5. The molecule has 0 atom stereocenters. The number of hydrogen-bond donors (Lipinski definition) is 8. The van der Waals surface area contributed by atoms with Crippen molar-refractivity contribution in [1.29, 1.82) is 5.41 Å². The van der Waals surface area contributed by atoms with E-state index in [1.54, 1.807) is 36.4 Å². The lowest BCUT2D eigenvalue weighted by Gasteiger charge is -2.11. The molecule has 0 spiro atoms. The lowest BCUT2D eigenvalue weighted by Crippen LogP contribution is -2.14. The number of hydrogen-bond acceptors (Lipinski definition) is 24. The standard InChI is InChI=1S/C28H24N4O2.C15H14BrN3O2.C15H16N4O2.C13H11N.C8H8ClN3O.C7H7BrO.C4H4ClN3.C4H5ClO.C4H8O.2CH4.ClH/c1-19-14-23(31-27(20-8-4-2-5-9-20)21-10-6-3-7-11-21)16-24(15-19)34-26-17-25(29-18-30-26)32-28(33)22-12-13-22;2*1-9-4-11(16)6-12(5-9)21-14-7-13(17-8-18-14)19-15(20)10-2-3-10;14-13(11-7-3-1-4-8-11)12-9-5-2-6-10-12;9-6-3-7(11-4-10-6)12-8(13)5-1-2-5;1-5-2-6(8)4-7(9)3-5;5-3-1-4(6)8-2-7-3;5-4(6)3-1-2-3;1-2-4-5-3-1;;;/h2-11,14-18,22H,12-13H2,1H3,(H,29,30,32,33);4-8,10H,2-3H2,1H3,(H,17,18,19,20);4-8,10H,2-3,16H2,1H3,(H,17,18,19,20);1-10,14H;3-5H,1-2H2,(H,10,11,12,13);2-4,9H,1H3;1-2H,(H2,6,7,8);3H,1-2H2;1-4H2;2*1H4;1H. The zero-order chi connectivity index (χ0) is 93.0. The number of carbonyl (C=O) groups is 5. The molecule has 1 saturated heterocycles. The summed E-state index contributed by atoms with van der Waals surface area (Å²) in [5.74, 6) is 6.30. The molecule has 6 fully saturated rings.